The third-order valence-corrected chi connectivity index (χ3v) is 5.02. The molecule has 0 aliphatic carbocycles. The number of amides is 4. The van der Waals surface area contributed by atoms with Gasteiger partial charge in [-0.05, 0) is 54.6 Å². The third-order valence-electron chi connectivity index (χ3n) is 5.02. The Morgan fingerprint density at radius 2 is 1.56 bits per heavy atom. The van der Waals surface area contributed by atoms with E-state index < -0.39 is 29.2 Å². The lowest BCUT2D eigenvalue weighted by Gasteiger charge is -2.16. The smallest absolute Gasteiger partial charge is 0.418 e. The molecule has 0 spiro atoms. The van der Waals surface area contributed by atoms with Gasteiger partial charge in [0.25, 0.3) is 11.8 Å². The molecule has 0 atom stereocenters. The number of hydrogen-bond donors (Lipinski definition) is 2. The fourth-order valence-electron chi connectivity index (χ4n) is 3.39. The Morgan fingerprint density at radius 3 is 2.15 bits per heavy atom. The number of halogens is 3. The molecule has 174 valence electrons. The predicted octanol–water partition coefficient (Wildman–Crippen LogP) is 4.46. The highest BCUT2D eigenvalue weighted by Crippen LogP contribution is 2.37. The van der Waals surface area contributed by atoms with Gasteiger partial charge in [-0.1, -0.05) is 0 Å². The lowest BCUT2D eigenvalue weighted by atomic mass is 10.1. The molecule has 1 aliphatic heterocycles. The van der Waals surface area contributed by atoms with Gasteiger partial charge in [0.2, 0.25) is 11.8 Å². The molecular formula is C23H16F3N3O5. The molecule has 34 heavy (non-hydrogen) atoms. The molecule has 0 saturated carbocycles. The van der Waals surface area contributed by atoms with Crippen molar-refractivity contribution in [2.45, 2.75) is 19.0 Å². The van der Waals surface area contributed by atoms with Crippen molar-refractivity contribution in [1.29, 1.82) is 0 Å². The molecule has 2 N–H and O–H groups in total. The lowest BCUT2D eigenvalue weighted by Crippen LogP contribution is -2.28. The summed E-state index contributed by atoms with van der Waals surface area (Å²) in [5.74, 6) is -2.37. The van der Waals surface area contributed by atoms with Gasteiger partial charge in [-0.15, -0.1) is 0 Å². The molecule has 2 aromatic carbocycles. The molecule has 8 nitrogen and oxygen atoms in total. The van der Waals surface area contributed by atoms with Crippen LogP contribution in [-0.4, -0.2) is 23.6 Å². The van der Waals surface area contributed by atoms with Crippen molar-refractivity contribution in [1.82, 2.24) is 0 Å². The third kappa shape index (κ3) is 4.68. The topological polar surface area (TPSA) is 109 Å². The van der Waals surface area contributed by atoms with Crippen LogP contribution in [0.5, 0.6) is 0 Å². The summed E-state index contributed by atoms with van der Waals surface area (Å²) < 4.78 is 45.8. The van der Waals surface area contributed by atoms with Gasteiger partial charge in [0.15, 0.2) is 5.76 Å². The van der Waals surface area contributed by atoms with Gasteiger partial charge in [-0.25, -0.2) is 0 Å². The number of anilines is 3. The van der Waals surface area contributed by atoms with Gasteiger partial charge < -0.3 is 15.1 Å². The van der Waals surface area contributed by atoms with E-state index in [1.165, 1.54) is 48.7 Å². The van der Waals surface area contributed by atoms with Crippen molar-refractivity contribution in [2.24, 2.45) is 0 Å². The first kappa shape index (κ1) is 22.8. The number of nitrogens with one attached hydrogen (secondary N) is 2. The molecule has 4 amide bonds. The van der Waals surface area contributed by atoms with Crippen LogP contribution < -0.4 is 15.5 Å². The van der Waals surface area contributed by atoms with Crippen LogP contribution in [0.2, 0.25) is 0 Å². The van der Waals surface area contributed by atoms with Crippen LogP contribution in [0, 0.1) is 0 Å². The Bertz CT molecular complexity index is 1250. The standard InChI is InChI=1S/C23H16F3N3O5/c24-23(25,26)16-12-14(27-22(33)18-2-1-11-34-18)5-8-17(16)28-21(32)13-3-6-15(7-4-13)29-19(30)9-10-20(29)31/h1-8,11-12H,9-10H2,(H,27,33)(H,28,32). The highest BCUT2D eigenvalue weighted by atomic mass is 19.4. The summed E-state index contributed by atoms with van der Waals surface area (Å²) in [4.78, 5) is 49.3. The van der Waals surface area contributed by atoms with Crippen LogP contribution in [0.1, 0.15) is 39.3 Å². The second-order valence-corrected chi connectivity index (χ2v) is 7.31. The molecule has 0 bridgehead atoms. The van der Waals surface area contributed by atoms with E-state index in [9.17, 15) is 32.3 Å². The Morgan fingerprint density at radius 1 is 0.882 bits per heavy atom. The SMILES string of the molecule is O=C(Nc1ccc(NC(=O)c2ccco2)cc1C(F)(F)F)c1ccc(N2C(=O)CCC2=O)cc1. The number of imide groups is 1. The summed E-state index contributed by atoms with van der Waals surface area (Å²) in [5, 5.41) is 4.51. The number of hydrogen-bond acceptors (Lipinski definition) is 5. The Hall–Kier alpha value is -4.41. The molecule has 0 radical (unpaired) electrons. The van der Waals surface area contributed by atoms with Gasteiger partial charge in [0, 0.05) is 24.1 Å². The first-order valence-electron chi connectivity index (χ1n) is 9.97. The molecule has 1 saturated heterocycles. The van der Waals surface area contributed by atoms with Crippen molar-refractivity contribution in [3.8, 4) is 0 Å². The minimum absolute atomic E-state index is 0.0196. The first-order valence-corrected chi connectivity index (χ1v) is 9.97. The molecule has 3 aromatic rings. The maximum atomic E-state index is 13.6. The van der Waals surface area contributed by atoms with Crippen LogP contribution in [0.15, 0.2) is 65.3 Å². The van der Waals surface area contributed by atoms with E-state index in [2.05, 4.69) is 10.6 Å². The van der Waals surface area contributed by atoms with E-state index in [1.54, 1.807) is 0 Å². The van der Waals surface area contributed by atoms with Crippen LogP contribution >= 0.6 is 0 Å². The summed E-state index contributed by atoms with van der Waals surface area (Å²) in [6.45, 7) is 0. The largest absolute Gasteiger partial charge is 0.459 e. The average Bonchev–Trinajstić information content (AvgIpc) is 3.44. The zero-order valence-electron chi connectivity index (χ0n) is 17.3. The molecular weight excluding hydrogens is 455 g/mol. The van der Waals surface area contributed by atoms with Gasteiger partial charge in [0.1, 0.15) is 0 Å². The van der Waals surface area contributed by atoms with Crippen LogP contribution in [-0.2, 0) is 15.8 Å². The maximum absolute atomic E-state index is 13.6. The van der Waals surface area contributed by atoms with Crippen molar-refractivity contribution >= 4 is 40.7 Å². The zero-order valence-corrected chi connectivity index (χ0v) is 17.3. The zero-order chi connectivity index (χ0) is 24.5. The van der Waals surface area contributed by atoms with Crippen LogP contribution in [0.3, 0.4) is 0 Å². The fraction of sp³-hybridized carbons (Fsp3) is 0.130. The van der Waals surface area contributed by atoms with E-state index in [0.717, 1.165) is 11.0 Å². The summed E-state index contributed by atoms with van der Waals surface area (Å²) in [7, 11) is 0. The van der Waals surface area contributed by atoms with E-state index >= 15 is 0 Å². The minimum atomic E-state index is -4.83. The summed E-state index contributed by atoms with van der Waals surface area (Å²) in [6.07, 6.45) is -3.38. The Kier molecular flexibility index (Phi) is 5.93. The highest BCUT2D eigenvalue weighted by molar-refractivity contribution is 6.20. The molecule has 4 rings (SSSR count). The molecule has 2 heterocycles. The monoisotopic (exact) mass is 471 g/mol. The molecule has 1 fully saturated rings. The predicted molar refractivity (Wildman–Crippen MR) is 114 cm³/mol. The van der Waals surface area contributed by atoms with Crippen LogP contribution in [0.4, 0.5) is 30.2 Å². The number of carbonyl (C=O) groups excluding carboxylic acids is 4. The Balaban J connectivity index is 1.53. The van der Waals surface area contributed by atoms with Gasteiger partial charge in [0.05, 0.1) is 23.2 Å². The number of carbonyl (C=O) groups is 4. The van der Waals surface area contributed by atoms with E-state index in [0.29, 0.717) is 6.07 Å². The van der Waals surface area contributed by atoms with Crippen LogP contribution in [0.25, 0.3) is 0 Å². The lowest BCUT2D eigenvalue weighted by molar-refractivity contribution is -0.137. The number of alkyl halides is 3. The molecule has 0 unspecified atom stereocenters. The summed E-state index contributed by atoms with van der Waals surface area (Å²) in [6, 6.07) is 11.1. The van der Waals surface area contributed by atoms with Gasteiger partial charge in [-0.3, -0.25) is 24.1 Å². The number of benzene rings is 2. The van der Waals surface area contributed by atoms with Gasteiger partial charge >= 0.3 is 6.18 Å². The van der Waals surface area contributed by atoms with Gasteiger partial charge in [-0.2, -0.15) is 13.2 Å². The first-order chi connectivity index (χ1) is 16.1. The maximum Gasteiger partial charge on any atom is 0.418 e. The second kappa shape index (κ2) is 8.85. The summed E-state index contributed by atoms with van der Waals surface area (Å²) >= 11 is 0. The molecule has 1 aliphatic rings. The highest BCUT2D eigenvalue weighted by Gasteiger charge is 2.35. The fourth-order valence-corrected chi connectivity index (χ4v) is 3.39. The summed E-state index contributed by atoms with van der Waals surface area (Å²) in [5.41, 5.74) is -1.52. The quantitative estimate of drug-likeness (QED) is 0.535. The number of rotatable bonds is 5. The molecule has 1 aromatic heterocycles. The van der Waals surface area contributed by atoms with Crippen molar-refractivity contribution in [3.63, 3.8) is 0 Å². The van der Waals surface area contributed by atoms with E-state index in [1.807, 2.05) is 0 Å². The van der Waals surface area contributed by atoms with E-state index in [-0.39, 0.29) is 47.4 Å². The van der Waals surface area contributed by atoms with Crippen molar-refractivity contribution in [2.75, 3.05) is 15.5 Å². The normalized spacial score (nSPS) is 13.8. The van der Waals surface area contributed by atoms with Crippen molar-refractivity contribution in [3.05, 3.63) is 77.7 Å². The second-order valence-electron chi connectivity index (χ2n) is 7.31. The number of nitrogens with zero attached hydrogens (tertiary/aromatic N) is 1. The van der Waals surface area contributed by atoms with Crippen molar-refractivity contribution < 1.29 is 36.8 Å². The Labute approximate surface area is 190 Å². The molecule has 11 heteroatoms. The van der Waals surface area contributed by atoms with E-state index in [4.69, 9.17) is 4.42 Å². The average molecular weight is 471 g/mol. The number of furan rings is 1. The minimum Gasteiger partial charge on any atom is -0.459 e.